The number of rotatable bonds is 3. The van der Waals surface area contributed by atoms with E-state index in [-0.39, 0.29) is 11.4 Å². The molecule has 96 valence electrons. The summed E-state index contributed by atoms with van der Waals surface area (Å²) in [5, 5.41) is 3.60. The smallest absolute Gasteiger partial charge is 0.226 e. The van der Waals surface area contributed by atoms with Crippen LogP contribution in [0.25, 0.3) is 0 Å². The molecule has 1 aromatic carbocycles. The first-order valence-electron chi connectivity index (χ1n) is 5.25. The van der Waals surface area contributed by atoms with Crippen LogP contribution in [0.1, 0.15) is 30.2 Å². The number of nitrogens with zero attached hydrogens (tertiary/aromatic N) is 2. The monoisotopic (exact) mass is 257 g/mol. The minimum absolute atomic E-state index is 0.0369. The van der Waals surface area contributed by atoms with E-state index in [4.69, 9.17) is 10.3 Å². The number of hydrogen-bond acceptors (Lipinski definition) is 4. The van der Waals surface area contributed by atoms with Crippen LogP contribution < -0.4 is 5.73 Å². The quantitative estimate of drug-likeness (QED) is 0.855. The van der Waals surface area contributed by atoms with Gasteiger partial charge in [-0.15, -0.1) is 0 Å². The zero-order chi connectivity index (χ0) is 13.3. The van der Waals surface area contributed by atoms with Gasteiger partial charge in [-0.05, 0) is 17.7 Å². The normalized spacial score (nSPS) is 12.7. The van der Waals surface area contributed by atoms with E-state index in [2.05, 4.69) is 10.1 Å². The molecule has 0 saturated carbocycles. The molecule has 0 aliphatic rings. The molecule has 7 heteroatoms. The third kappa shape index (κ3) is 2.21. The average molecular weight is 257 g/mol. The molecule has 0 saturated heterocycles. The van der Waals surface area contributed by atoms with Crippen LogP contribution in [-0.2, 0) is 6.42 Å². The number of halogens is 3. The van der Waals surface area contributed by atoms with Crippen molar-refractivity contribution < 1.29 is 17.7 Å². The lowest BCUT2D eigenvalue weighted by molar-refractivity contribution is 0.374. The molecule has 2 N–H and O–H groups in total. The van der Waals surface area contributed by atoms with Gasteiger partial charge in [-0.3, -0.25) is 0 Å². The van der Waals surface area contributed by atoms with Gasteiger partial charge in [0.05, 0.1) is 6.04 Å². The van der Waals surface area contributed by atoms with E-state index >= 15 is 0 Å². The second-order valence-corrected chi connectivity index (χ2v) is 3.68. The van der Waals surface area contributed by atoms with E-state index in [1.165, 1.54) is 0 Å². The molecule has 0 radical (unpaired) electrons. The highest BCUT2D eigenvalue weighted by molar-refractivity contribution is 5.26. The molecule has 0 spiro atoms. The maximum absolute atomic E-state index is 13.1. The zero-order valence-corrected chi connectivity index (χ0v) is 9.45. The van der Waals surface area contributed by atoms with Crippen molar-refractivity contribution in [3.63, 3.8) is 0 Å². The minimum Gasteiger partial charge on any atom is -0.339 e. The maximum atomic E-state index is 13.1. The molecule has 0 amide bonds. The summed E-state index contributed by atoms with van der Waals surface area (Å²) < 4.78 is 43.7. The second-order valence-electron chi connectivity index (χ2n) is 3.68. The van der Waals surface area contributed by atoms with E-state index in [0.717, 1.165) is 12.1 Å². The first kappa shape index (κ1) is 12.6. The largest absolute Gasteiger partial charge is 0.339 e. The summed E-state index contributed by atoms with van der Waals surface area (Å²) in [7, 11) is 0. The van der Waals surface area contributed by atoms with Crippen LogP contribution in [0.4, 0.5) is 13.2 Å². The summed E-state index contributed by atoms with van der Waals surface area (Å²) in [6.45, 7) is 1.81. The van der Waals surface area contributed by atoms with Crippen LogP contribution in [0.5, 0.6) is 0 Å². The molecule has 1 aromatic heterocycles. The van der Waals surface area contributed by atoms with Gasteiger partial charge in [0.15, 0.2) is 23.3 Å². The van der Waals surface area contributed by atoms with Gasteiger partial charge in [0, 0.05) is 6.42 Å². The van der Waals surface area contributed by atoms with E-state index in [1.54, 1.807) is 6.92 Å². The van der Waals surface area contributed by atoms with Crippen molar-refractivity contribution in [1.82, 2.24) is 10.1 Å². The van der Waals surface area contributed by atoms with Gasteiger partial charge in [0.25, 0.3) is 0 Å². The fraction of sp³-hybridized carbons (Fsp3) is 0.273. The van der Waals surface area contributed by atoms with E-state index in [0.29, 0.717) is 12.3 Å². The predicted octanol–water partition coefficient (Wildman–Crippen LogP) is 2.10. The van der Waals surface area contributed by atoms with Crippen LogP contribution in [-0.4, -0.2) is 10.1 Å². The molecule has 1 unspecified atom stereocenters. The highest BCUT2D eigenvalue weighted by atomic mass is 19.2. The summed E-state index contributed by atoms with van der Waals surface area (Å²) >= 11 is 0. The molecule has 1 heterocycles. The number of nitrogens with two attached hydrogens (primary N) is 1. The summed E-state index contributed by atoms with van der Waals surface area (Å²) in [5.74, 6) is -3.69. The van der Waals surface area contributed by atoms with Crippen molar-refractivity contribution in [2.45, 2.75) is 19.4 Å². The van der Waals surface area contributed by atoms with Crippen molar-refractivity contribution >= 4 is 0 Å². The molecule has 0 fully saturated rings. The van der Waals surface area contributed by atoms with Gasteiger partial charge >= 0.3 is 0 Å². The Morgan fingerprint density at radius 2 is 1.89 bits per heavy atom. The Hall–Kier alpha value is -1.89. The molecule has 2 rings (SSSR count). The summed E-state index contributed by atoms with van der Waals surface area (Å²) in [6.07, 6.45) is 0.520. The van der Waals surface area contributed by atoms with Crippen LogP contribution in [0, 0.1) is 17.5 Å². The van der Waals surface area contributed by atoms with Crippen molar-refractivity contribution in [3.8, 4) is 0 Å². The average Bonchev–Trinajstić information content (AvgIpc) is 2.83. The topological polar surface area (TPSA) is 64.9 Å². The number of hydrogen-bond donors (Lipinski definition) is 1. The fourth-order valence-corrected chi connectivity index (χ4v) is 1.44. The van der Waals surface area contributed by atoms with Gasteiger partial charge in [-0.25, -0.2) is 13.2 Å². The molecular formula is C11H10F3N3O. The van der Waals surface area contributed by atoms with Gasteiger partial charge < -0.3 is 10.3 Å². The second kappa shape index (κ2) is 4.77. The first-order chi connectivity index (χ1) is 8.52. The molecule has 0 aliphatic carbocycles. The van der Waals surface area contributed by atoms with Gasteiger partial charge in [0.2, 0.25) is 5.89 Å². The highest BCUT2D eigenvalue weighted by Gasteiger charge is 2.19. The van der Waals surface area contributed by atoms with Gasteiger partial charge in [0.1, 0.15) is 0 Å². The first-order valence-corrected chi connectivity index (χ1v) is 5.25. The fourth-order valence-electron chi connectivity index (χ4n) is 1.44. The molecule has 1 atom stereocenters. The van der Waals surface area contributed by atoms with E-state index in [1.807, 2.05) is 0 Å². The molecule has 2 aromatic rings. The third-order valence-electron chi connectivity index (χ3n) is 2.43. The third-order valence-corrected chi connectivity index (χ3v) is 2.43. The van der Waals surface area contributed by atoms with Crippen LogP contribution in [0.2, 0.25) is 0 Å². The standard InChI is InChI=1S/C11H10F3N3O/c1-2-8-16-11(17-18-8)10(15)5-3-6(12)9(14)7(13)4-5/h3-4,10H,2,15H2,1H3. The Morgan fingerprint density at radius 1 is 1.28 bits per heavy atom. The van der Waals surface area contributed by atoms with Crippen LogP contribution >= 0.6 is 0 Å². The van der Waals surface area contributed by atoms with Gasteiger partial charge in [-0.1, -0.05) is 12.1 Å². The summed E-state index contributed by atoms with van der Waals surface area (Å²) in [5.41, 5.74) is 5.77. The predicted molar refractivity (Wildman–Crippen MR) is 56.0 cm³/mol. The minimum atomic E-state index is -1.53. The highest BCUT2D eigenvalue weighted by Crippen LogP contribution is 2.21. The molecule has 0 bridgehead atoms. The van der Waals surface area contributed by atoms with Crippen molar-refractivity contribution in [1.29, 1.82) is 0 Å². The number of benzene rings is 1. The van der Waals surface area contributed by atoms with Crippen molar-refractivity contribution in [2.24, 2.45) is 5.73 Å². The molecule has 18 heavy (non-hydrogen) atoms. The van der Waals surface area contributed by atoms with E-state index < -0.39 is 23.5 Å². The Bertz CT molecular complexity index is 547. The number of aryl methyl sites for hydroxylation is 1. The van der Waals surface area contributed by atoms with Crippen molar-refractivity contribution in [2.75, 3.05) is 0 Å². The van der Waals surface area contributed by atoms with Crippen LogP contribution in [0.3, 0.4) is 0 Å². The Labute approximate surface area is 101 Å². The van der Waals surface area contributed by atoms with Gasteiger partial charge in [-0.2, -0.15) is 4.98 Å². The Balaban J connectivity index is 2.36. The lowest BCUT2D eigenvalue weighted by atomic mass is 10.1. The zero-order valence-electron chi connectivity index (χ0n) is 9.45. The Morgan fingerprint density at radius 3 is 2.39 bits per heavy atom. The Kier molecular flexibility index (Phi) is 3.33. The molecule has 0 aliphatic heterocycles. The van der Waals surface area contributed by atoms with Crippen LogP contribution in [0.15, 0.2) is 16.7 Å². The summed E-state index contributed by atoms with van der Waals surface area (Å²) in [4.78, 5) is 3.95. The lowest BCUT2D eigenvalue weighted by Crippen LogP contribution is -2.15. The molecule has 4 nitrogen and oxygen atoms in total. The maximum Gasteiger partial charge on any atom is 0.226 e. The lowest BCUT2D eigenvalue weighted by Gasteiger charge is -2.08. The van der Waals surface area contributed by atoms with Crippen molar-refractivity contribution in [3.05, 3.63) is 46.9 Å². The number of aromatic nitrogens is 2. The summed E-state index contributed by atoms with van der Waals surface area (Å²) in [6, 6.07) is 0.648. The molecular weight excluding hydrogens is 247 g/mol. The SMILES string of the molecule is CCc1nc(C(N)c2cc(F)c(F)c(F)c2)no1. The van der Waals surface area contributed by atoms with E-state index in [9.17, 15) is 13.2 Å².